The number of imidazole rings is 2. The van der Waals surface area contributed by atoms with Crippen LogP contribution >= 0.6 is 22.6 Å². The van der Waals surface area contributed by atoms with E-state index in [2.05, 4.69) is 49.1 Å². The minimum Gasteiger partial charge on any atom is -0.335 e. The third-order valence-electron chi connectivity index (χ3n) is 2.78. The third kappa shape index (κ3) is 2.05. The SMILES string of the molecule is Cn1ccnc1C=Cc1ccn2c(I)cnc2c1. The molecule has 0 fully saturated rings. The average Bonchev–Trinajstić information content (AvgIpc) is 2.94. The first kappa shape index (κ1) is 11.5. The fourth-order valence-electron chi connectivity index (χ4n) is 1.78. The van der Waals surface area contributed by atoms with Crippen LogP contribution in [0.3, 0.4) is 0 Å². The van der Waals surface area contributed by atoms with Crippen LogP contribution in [0.2, 0.25) is 0 Å². The molecule has 0 radical (unpaired) electrons. The van der Waals surface area contributed by atoms with Gasteiger partial charge < -0.3 is 4.57 Å². The zero-order valence-electron chi connectivity index (χ0n) is 9.79. The molecule has 0 aromatic carbocycles. The van der Waals surface area contributed by atoms with Gasteiger partial charge in [0, 0.05) is 25.6 Å². The van der Waals surface area contributed by atoms with Crippen LogP contribution in [-0.4, -0.2) is 18.9 Å². The first-order chi connectivity index (χ1) is 8.74. The lowest BCUT2D eigenvalue weighted by atomic mass is 10.2. The molecule has 3 heterocycles. The smallest absolute Gasteiger partial charge is 0.138 e. The van der Waals surface area contributed by atoms with E-state index in [0.29, 0.717) is 0 Å². The van der Waals surface area contributed by atoms with Crippen LogP contribution in [0.25, 0.3) is 17.8 Å². The molecule has 0 saturated heterocycles. The fraction of sp³-hybridized carbons (Fsp3) is 0.0769. The van der Waals surface area contributed by atoms with Crippen molar-refractivity contribution in [3.63, 3.8) is 0 Å². The first-order valence-corrected chi connectivity index (χ1v) is 6.60. The van der Waals surface area contributed by atoms with Crippen molar-refractivity contribution in [1.29, 1.82) is 0 Å². The molecule has 3 aromatic heterocycles. The number of aromatic nitrogens is 4. The molecule has 5 heteroatoms. The highest BCUT2D eigenvalue weighted by Crippen LogP contribution is 2.13. The molecule has 0 spiro atoms. The maximum atomic E-state index is 4.34. The quantitative estimate of drug-likeness (QED) is 0.667. The van der Waals surface area contributed by atoms with Gasteiger partial charge in [-0.15, -0.1) is 0 Å². The molecular formula is C13H11IN4. The van der Waals surface area contributed by atoms with Gasteiger partial charge in [-0.05, 0) is 46.4 Å². The molecule has 0 aliphatic carbocycles. The van der Waals surface area contributed by atoms with Crippen LogP contribution in [-0.2, 0) is 7.05 Å². The molecule has 90 valence electrons. The summed E-state index contributed by atoms with van der Waals surface area (Å²) in [7, 11) is 1.98. The van der Waals surface area contributed by atoms with Crippen molar-refractivity contribution in [2.75, 3.05) is 0 Å². The predicted molar refractivity (Wildman–Crippen MR) is 80.0 cm³/mol. The largest absolute Gasteiger partial charge is 0.335 e. The van der Waals surface area contributed by atoms with Crippen LogP contribution in [0, 0.1) is 3.70 Å². The minimum atomic E-state index is 0.938. The monoisotopic (exact) mass is 350 g/mol. The van der Waals surface area contributed by atoms with Crippen LogP contribution in [0.1, 0.15) is 11.4 Å². The zero-order valence-corrected chi connectivity index (χ0v) is 11.9. The number of nitrogens with zero attached hydrogens (tertiary/aromatic N) is 4. The molecule has 0 aliphatic heterocycles. The van der Waals surface area contributed by atoms with Gasteiger partial charge in [0.25, 0.3) is 0 Å². The summed E-state index contributed by atoms with van der Waals surface area (Å²) in [5, 5.41) is 0. The molecule has 0 N–H and O–H groups in total. The van der Waals surface area contributed by atoms with Crippen molar-refractivity contribution in [2.24, 2.45) is 7.05 Å². The van der Waals surface area contributed by atoms with E-state index in [9.17, 15) is 0 Å². The van der Waals surface area contributed by atoms with Crippen molar-refractivity contribution in [3.05, 3.63) is 52.0 Å². The second kappa shape index (κ2) is 4.56. The van der Waals surface area contributed by atoms with E-state index < -0.39 is 0 Å². The molecule has 0 aliphatic rings. The molecule has 18 heavy (non-hydrogen) atoms. The molecule has 3 rings (SSSR count). The summed E-state index contributed by atoms with van der Waals surface area (Å²) in [6, 6.07) is 4.12. The Bertz CT molecular complexity index is 724. The van der Waals surface area contributed by atoms with Crippen molar-refractivity contribution in [2.45, 2.75) is 0 Å². The maximum Gasteiger partial charge on any atom is 0.138 e. The summed E-state index contributed by atoms with van der Waals surface area (Å²) in [5.41, 5.74) is 2.08. The molecule has 0 amide bonds. The third-order valence-corrected chi connectivity index (χ3v) is 3.57. The topological polar surface area (TPSA) is 35.1 Å². The molecular weight excluding hydrogens is 339 g/mol. The van der Waals surface area contributed by atoms with Gasteiger partial charge in [0.05, 0.1) is 6.20 Å². The summed E-state index contributed by atoms with van der Waals surface area (Å²) in [4.78, 5) is 8.59. The molecule has 0 bridgehead atoms. The molecule has 0 unspecified atom stereocenters. The number of rotatable bonds is 2. The Morgan fingerprint density at radius 3 is 2.89 bits per heavy atom. The number of pyridine rings is 1. The van der Waals surface area contributed by atoms with Crippen LogP contribution in [0.4, 0.5) is 0 Å². The highest BCUT2D eigenvalue weighted by atomic mass is 127. The highest BCUT2D eigenvalue weighted by molar-refractivity contribution is 14.1. The van der Waals surface area contributed by atoms with Gasteiger partial charge in [-0.1, -0.05) is 6.08 Å². The van der Waals surface area contributed by atoms with Gasteiger partial charge in [0.15, 0.2) is 0 Å². The van der Waals surface area contributed by atoms with E-state index in [0.717, 1.165) is 20.7 Å². The van der Waals surface area contributed by atoms with E-state index in [-0.39, 0.29) is 0 Å². The average molecular weight is 350 g/mol. The molecule has 4 nitrogen and oxygen atoms in total. The number of fused-ring (bicyclic) bond motifs is 1. The Hall–Kier alpha value is -1.63. The fourth-order valence-corrected chi connectivity index (χ4v) is 2.32. The summed E-state index contributed by atoms with van der Waals surface area (Å²) >= 11 is 2.27. The van der Waals surface area contributed by atoms with E-state index >= 15 is 0 Å². The number of hydrogen-bond donors (Lipinski definition) is 0. The second-order valence-electron chi connectivity index (χ2n) is 4.00. The van der Waals surface area contributed by atoms with E-state index in [1.807, 2.05) is 42.4 Å². The van der Waals surface area contributed by atoms with Gasteiger partial charge >= 0.3 is 0 Å². The lowest BCUT2D eigenvalue weighted by molar-refractivity contribution is 0.898. The molecule has 3 aromatic rings. The number of halogens is 1. The Morgan fingerprint density at radius 1 is 1.22 bits per heavy atom. The van der Waals surface area contributed by atoms with Crippen molar-refractivity contribution >= 4 is 40.4 Å². The van der Waals surface area contributed by atoms with Crippen LogP contribution in [0.15, 0.2) is 36.9 Å². The van der Waals surface area contributed by atoms with E-state index in [4.69, 9.17) is 0 Å². The van der Waals surface area contributed by atoms with Gasteiger partial charge in [0.1, 0.15) is 15.2 Å². The van der Waals surface area contributed by atoms with Crippen LogP contribution in [0.5, 0.6) is 0 Å². The Kier molecular flexibility index (Phi) is 2.91. The normalized spacial score (nSPS) is 11.7. The summed E-state index contributed by atoms with van der Waals surface area (Å²) < 4.78 is 5.15. The first-order valence-electron chi connectivity index (χ1n) is 5.52. The zero-order chi connectivity index (χ0) is 12.5. The predicted octanol–water partition coefficient (Wildman–Crippen LogP) is 2.84. The van der Waals surface area contributed by atoms with Crippen LogP contribution < -0.4 is 0 Å². The van der Waals surface area contributed by atoms with Crippen molar-refractivity contribution in [3.8, 4) is 0 Å². The Morgan fingerprint density at radius 2 is 2.11 bits per heavy atom. The lowest BCUT2D eigenvalue weighted by Gasteiger charge is -1.98. The minimum absolute atomic E-state index is 0.938. The van der Waals surface area contributed by atoms with Gasteiger partial charge in [-0.3, -0.25) is 4.40 Å². The Labute approximate surface area is 118 Å². The van der Waals surface area contributed by atoms with Crippen molar-refractivity contribution < 1.29 is 0 Å². The maximum absolute atomic E-state index is 4.34. The summed E-state index contributed by atoms with van der Waals surface area (Å²) in [6.07, 6.45) is 11.7. The standard InChI is InChI=1S/C13H11IN4/c1-17-7-5-15-12(17)3-2-10-4-6-18-11(14)9-16-13(18)8-10/h2-9H,1H3. The van der Waals surface area contributed by atoms with Gasteiger partial charge in [0.2, 0.25) is 0 Å². The van der Waals surface area contributed by atoms with Crippen molar-refractivity contribution in [1.82, 2.24) is 18.9 Å². The summed E-state index contributed by atoms with van der Waals surface area (Å²) in [6.45, 7) is 0. The molecule has 0 saturated carbocycles. The van der Waals surface area contributed by atoms with E-state index in [1.165, 1.54) is 0 Å². The Balaban J connectivity index is 1.95. The number of hydrogen-bond acceptors (Lipinski definition) is 2. The summed E-state index contributed by atoms with van der Waals surface area (Å²) in [5.74, 6) is 0.938. The number of aryl methyl sites for hydroxylation is 1. The second-order valence-corrected chi connectivity index (χ2v) is 5.10. The highest BCUT2D eigenvalue weighted by Gasteiger charge is 1.99. The molecule has 0 atom stereocenters. The van der Waals surface area contributed by atoms with Gasteiger partial charge in [-0.25, -0.2) is 9.97 Å². The van der Waals surface area contributed by atoms with Gasteiger partial charge in [-0.2, -0.15) is 0 Å². The lowest BCUT2D eigenvalue weighted by Crippen LogP contribution is -1.89. The van der Waals surface area contributed by atoms with E-state index in [1.54, 1.807) is 6.20 Å².